The Balaban J connectivity index is 0.000000184. The Bertz CT molecular complexity index is 2680. The van der Waals surface area contributed by atoms with Crippen LogP contribution >= 0.6 is 11.6 Å². The monoisotopic (exact) mass is 804 g/mol. The summed E-state index contributed by atoms with van der Waals surface area (Å²) in [5.74, 6) is 6.26. The van der Waals surface area contributed by atoms with E-state index in [1.54, 1.807) is 50.5 Å². The lowest BCUT2D eigenvalue weighted by atomic mass is 10.0. The molecule has 2 aliphatic heterocycles. The third-order valence-corrected chi connectivity index (χ3v) is 9.21. The summed E-state index contributed by atoms with van der Waals surface area (Å²) in [6.07, 6.45) is 8.18. The van der Waals surface area contributed by atoms with Gasteiger partial charge in [0.05, 0.1) is 11.0 Å². The number of rotatable bonds is 4. The highest BCUT2D eigenvalue weighted by Crippen LogP contribution is 2.24. The van der Waals surface area contributed by atoms with E-state index in [-0.39, 0.29) is 31.1 Å². The van der Waals surface area contributed by atoms with Crippen molar-refractivity contribution < 1.29 is 29.4 Å². The molecule has 6 N–H and O–H groups in total. The number of amides is 4. The molecule has 0 radical (unpaired) electrons. The van der Waals surface area contributed by atoms with Gasteiger partial charge in [0.25, 0.3) is 23.6 Å². The number of benzene rings is 2. The van der Waals surface area contributed by atoms with E-state index in [1.807, 2.05) is 24.3 Å². The zero-order chi connectivity index (χ0) is 41.1. The number of hydrogen-bond acceptors (Lipinski definition) is 12. The first kappa shape index (κ1) is 41.9. The maximum absolute atomic E-state index is 12.0. The van der Waals surface area contributed by atoms with E-state index in [1.165, 1.54) is 31.8 Å². The Morgan fingerprint density at radius 1 is 0.759 bits per heavy atom. The molecular formula is C39H37ClN12O6. The molecule has 0 unspecified atom stereocenters. The van der Waals surface area contributed by atoms with Gasteiger partial charge in [0.15, 0.2) is 23.0 Å². The highest BCUT2D eigenvalue weighted by molar-refractivity contribution is 6.29. The number of para-hydroxylation sites is 2. The van der Waals surface area contributed by atoms with E-state index in [0.717, 1.165) is 5.52 Å². The maximum atomic E-state index is 12.0. The molecule has 8 rings (SSSR count). The number of aliphatic hydroxyl groups is 2. The molecule has 296 valence electrons. The number of hydrogen-bond donors (Lipinski definition) is 4. The summed E-state index contributed by atoms with van der Waals surface area (Å²) in [5, 5.41) is 29.8. The molecule has 0 bridgehead atoms. The lowest BCUT2D eigenvalue weighted by Crippen LogP contribution is -2.37. The highest BCUT2D eigenvalue weighted by atomic mass is 35.5. The van der Waals surface area contributed by atoms with E-state index in [0.29, 0.717) is 58.3 Å². The minimum Gasteiger partial charge on any atom is -0.369 e. The predicted octanol–water partition coefficient (Wildman–Crippen LogP) is 1.28. The molecule has 0 spiro atoms. The van der Waals surface area contributed by atoms with Crippen molar-refractivity contribution in [2.75, 3.05) is 27.2 Å². The van der Waals surface area contributed by atoms with Gasteiger partial charge in [-0.25, -0.2) is 29.3 Å². The van der Waals surface area contributed by atoms with Crippen LogP contribution in [0.3, 0.4) is 0 Å². The van der Waals surface area contributed by atoms with Crippen molar-refractivity contribution in [2.45, 2.75) is 31.5 Å². The number of likely N-dealkylation sites (tertiary alicyclic amines) is 2. The van der Waals surface area contributed by atoms with Gasteiger partial charge in [-0.2, -0.15) is 10.2 Å². The normalized spacial score (nSPS) is 18.3. The lowest BCUT2D eigenvalue weighted by Gasteiger charge is -2.13. The second-order valence-corrected chi connectivity index (χ2v) is 13.2. The number of fused-ring (bicyclic) bond motifs is 2. The summed E-state index contributed by atoms with van der Waals surface area (Å²) in [6.45, 7) is 0.980. The molecule has 19 heteroatoms. The summed E-state index contributed by atoms with van der Waals surface area (Å²) in [5.41, 5.74) is 9.54. The number of primary amides is 2. The number of nitrogens with zero attached hydrogens (tertiary/aromatic N) is 10. The predicted molar refractivity (Wildman–Crippen MR) is 212 cm³/mol. The molecule has 6 heterocycles. The van der Waals surface area contributed by atoms with Gasteiger partial charge in [0.1, 0.15) is 23.5 Å². The molecule has 6 aromatic rings. The fourth-order valence-electron chi connectivity index (χ4n) is 5.94. The third kappa shape index (κ3) is 8.30. The van der Waals surface area contributed by atoms with Crippen LogP contribution in [0, 0.1) is 24.2 Å². The van der Waals surface area contributed by atoms with E-state index in [4.69, 9.17) is 29.5 Å². The second kappa shape index (κ2) is 16.9. The number of nitrogens with two attached hydrogens (primary N) is 2. The van der Waals surface area contributed by atoms with Crippen molar-refractivity contribution in [1.82, 2.24) is 49.3 Å². The van der Waals surface area contributed by atoms with Crippen LogP contribution in [0.15, 0.2) is 73.3 Å². The zero-order valence-corrected chi connectivity index (χ0v) is 31.1. The van der Waals surface area contributed by atoms with Gasteiger partial charge in [-0.1, -0.05) is 67.3 Å². The molecule has 0 saturated carbocycles. The van der Waals surface area contributed by atoms with Crippen LogP contribution in [-0.2, 0) is 9.59 Å². The van der Waals surface area contributed by atoms with Gasteiger partial charge in [-0.15, -0.1) is 6.42 Å². The topological polar surface area (TPSA) is 254 Å². The molecule has 0 aliphatic carbocycles. The van der Waals surface area contributed by atoms with Crippen molar-refractivity contribution in [3.63, 3.8) is 0 Å². The van der Waals surface area contributed by atoms with Gasteiger partial charge in [-0.3, -0.25) is 19.2 Å². The first-order valence-electron chi connectivity index (χ1n) is 17.0. The van der Waals surface area contributed by atoms with E-state index in [9.17, 15) is 29.4 Å². The first-order chi connectivity index (χ1) is 27.2. The van der Waals surface area contributed by atoms with Crippen molar-refractivity contribution >= 4 is 57.0 Å². The quantitative estimate of drug-likeness (QED) is 0.145. The van der Waals surface area contributed by atoms with Crippen molar-refractivity contribution in [1.29, 1.82) is 0 Å². The van der Waals surface area contributed by atoms with Crippen molar-refractivity contribution in [3.05, 3.63) is 95.6 Å². The molecule has 2 aromatic carbocycles. The Morgan fingerprint density at radius 2 is 1.22 bits per heavy atom. The standard InChI is InChI=1S/C19H16N6O3.C12H8ClN5O.C7H9NO2.CH4/c1-24-9-8-19(28,18(24)27)7-6-12-10-15(22-11-21-12)25-14-5-3-2-4-13(14)16(23-25)17(20)26;13-9-5-10(16-6-15-9)18-8-4-2-1-3-7(8)11(17-18)12(14)19;1-3-7(10)4-5-8(2)6(7)9;/h2-5,10-11,28H,8-9H2,1H3,(H2,20,26);1-6H,(H2,14,19);1,10H,4-5H2,2H3;1H4/t19-;;7-;/m0.0./s1. The van der Waals surface area contributed by atoms with Gasteiger partial charge in [0, 0.05) is 62.9 Å². The molecule has 4 amide bonds. The molecular weight excluding hydrogens is 768 g/mol. The first-order valence-corrected chi connectivity index (χ1v) is 17.4. The molecule has 2 fully saturated rings. The number of carbonyl (C=O) groups excluding carboxylic acids is 4. The average Bonchev–Trinajstić information content (AvgIpc) is 3.94. The van der Waals surface area contributed by atoms with Gasteiger partial charge >= 0.3 is 0 Å². The van der Waals surface area contributed by atoms with Crippen LogP contribution in [0.25, 0.3) is 33.4 Å². The molecule has 2 atom stereocenters. The molecule has 4 aromatic heterocycles. The molecule has 18 nitrogen and oxygen atoms in total. The van der Waals surface area contributed by atoms with Crippen LogP contribution in [-0.4, -0.2) is 122 Å². The number of likely N-dealkylation sites (N-methyl/N-ethyl adjacent to an activating group) is 2. The smallest absolute Gasteiger partial charge is 0.269 e. The van der Waals surface area contributed by atoms with E-state index >= 15 is 0 Å². The maximum Gasteiger partial charge on any atom is 0.269 e. The highest BCUT2D eigenvalue weighted by Gasteiger charge is 2.43. The third-order valence-electron chi connectivity index (χ3n) is 9.00. The molecule has 2 aliphatic rings. The number of halogens is 1. The number of terminal acetylenes is 1. The summed E-state index contributed by atoms with van der Waals surface area (Å²) >= 11 is 5.83. The largest absolute Gasteiger partial charge is 0.369 e. The van der Waals surface area contributed by atoms with Crippen LogP contribution < -0.4 is 11.5 Å². The van der Waals surface area contributed by atoms with Gasteiger partial charge in [0.2, 0.25) is 11.2 Å². The van der Waals surface area contributed by atoms with E-state index < -0.39 is 28.9 Å². The fraction of sp³-hybridized carbons (Fsp3) is 0.231. The lowest BCUT2D eigenvalue weighted by molar-refractivity contribution is -0.138. The Morgan fingerprint density at radius 3 is 1.66 bits per heavy atom. The molecule has 58 heavy (non-hydrogen) atoms. The fourth-order valence-corrected chi connectivity index (χ4v) is 6.08. The number of carbonyl (C=O) groups is 4. The minimum absolute atomic E-state index is 0. The summed E-state index contributed by atoms with van der Waals surface area (Å²) in [6, 6.07) is 17.5. The zero-order valence-electron chi connectivity index (χ0n) is 30.4. The van der Waals surface area contributed by atoms with Crippen molar-refractivity contribution in [2.24, 2.45) is 11.5 Å². The molecule has 2 saturated heterocycles. The Labute approximate surface area is 336 Å². The summed E-state index contributed by atoms with van der Waals surface area (Å²) in [7, 11) is 3.24. The van der Waals surface area contributed by atoms with Crippen LogP contribution in [0.2, 0.25) is 5.15 Å². The Hall–Kier alpha value is -7.25. The van der Waals surface area contributed by atoms with Crippen LogP contribution in [0.4, 0.5) is 0 Å². The SMILES string of the molecule is C.C#C[C@]1(O)CCN(C)C1=O.CN1CC[C@@](O)(C#Cc2cc(-n3nc(C(N)=O)c4ccccc43)ncn2)C1=O.NC(=O)c1nn(-c2cc(Cl)ncn2)c2ccccc12. The number of aromatic nitrogens is 8. The minimum atomic E-state index is -1.71. The van der Waals surface area contributed by atoms with Gasteiger partial charge in [-0.05, 0) is 18.1 Å². The Kier molecular flexibility index (Phi) is 12.2. The van der Waals surface area contributed by atoms with Gasteiger partial charge < -0.3 is 31.5 Å². The summed E-state index contributed by atoms with van der Waals surface area (Å²) < 4.78 is 2.99. The van der Waals surface area contributed by atoms with Crippen LogP contribution in [0.5, 0.6) is 0 Å². The summed E-state index contributed by atoms with van der Waals surface area (Å²) in [4.78, 5) is 65.1. The van der Waals surface area contributed by atoms with Crippen LogP contribution in [0.1, 0.15) is 46.9 Å². The second-order valence-electron chi connectivity index (χ2n) is 12.8. The average molecular weight is 805 g/mol. The van der Waals surface area contributed by atoms with E-state index in [2.05, 4.69) is 47.9 Å². The van der Waals surface area contributed by atoms with Crippen molar-refractivity contribution in [3.8, 4) is 35.8 Å².